The number of fused-ring (bicyclic) bond motifs is 1. The van der Waals surface area contributed by atoms with Crippen molar-refractivity contribution in [2.45, 2.75) is 0 Å². The van der Waals surface area contributed by atoms with Crippen molar-refractivity contribution in [3.05, 3.63) is 64.8 Å². The number of anilines is 1. The van der Waals surface area contributed by atoms with E-state index in [2.05, 4.69) is 10.3 Å². The van der Waals surface area contributed by atoms with Crippen molar-refractivity contribution in [3.8, 4) is 11.8 Å². The first-order chi connectivity index (χ1) is 12.1. The molecule has 0 aliphatic heterocycles. The highest BCUT2D eigenvalue weighted by Crippen LogP contribution is 2.28. The number of nitrogens with zero attached hydrogens (tertiary/aromatic N) is 1. The van der Waals surface area contributed by atoms with Gasteiger partial charge in [0.15, 0.2) is 0 Å². The van der Waals surface area contributed by atoms with Gasteiger partial charge >= 0.3 is 0 Å². The molecule has 1 aromatic heterocycles. The standard InChI is InChI=1S/C19H14ClN3O2/c1-25-18-7-6-14(20)9-17(18)23-19(24)12(10-21)8-13-11-22-16-5-3-2-4-15(13)16/h2-9,11,22H,1H3,(H,23,24). The quantitative estimate of drug-likeness (QED) is 0.541. The molecule has 1 heterocycles. The van der Waals surface area contributed by atoms with Crippen LogP contribution in [0.3, 0.4) is 0 Å². The predicted octanol–water partition coefficient (Wildman–Crippen LogP) is 4.38. The molecule has 2 N–H and O–H groups in total. The van der Waals surface area contributed by atoms with Gasteiger partial charge in [-0.2, -0.15) is 5.26 Å². The number of amides is 1. The molecular weight excluding hydrogens is 338 g/mol. The molecule has 2 aromatic carbocycles. The number of rotatable bonds is 4. The number of halogens is 1. The fourth-order valence-corrected chi connectivity index (χ4v) is 2.66. The van der Waals surface area contributed by atoms with Crippen LogP contribution in [0.4, 0.5) is 5.69 Å². The molecule has 0 saturated heterocycles. The van der Waals surface area contributed by atoms with Gasteiger partial charge in [-0.15, -0.1) is 0 Å². The first-order valence-corrected chi connectivity index (χ1v) is 7.83. The monoisotopic (exact) mass is 351 g/mol. The second-order valence-corrected chi connectivity index (χ2v) is 5.69. The predicted molar refractivity (Wildman–Crippen MR) is 98.5 cm³/mol. The van der Waals surface area contributed by atoms with Crippen LogP contribution >= 0.6 is 11.6 Å². The molecule has 25 heavy (non-hydrogen) atoms. The number of para-hydroxylation sites is 1. The Balaban J connectivity index is 1.92. The largest absolute Gasteiger partial charge is 0.495 e. The fraction of sp³-hybridized carbons (Fsp3) is 0.0526. The molecule has 3 rings (SSSR count). The zero-order valence-corrected chi connectivity index (χ0v) is 14.1. The van der Waals surface area contributed by atoms with Crippen molar-refractivity contribution in [1.82, 2.24) is 4.98 Å². The smallest absolute Gasteiger partial charge is 0.266 e. The molecule has 0 aliphatic rings. The van der Waals surface area contributed by atoms with Crippen LogP contribution < -0.4 is 10.1 Å². The van der Waals surface area contributed by atoms with Crippen LogP contribution in [0, 0.1) is 11.3 Å². The Labute approximate surface area is 149 Å². The highest BCUT2D eigenvalue weighted by atomic mass is 35.5. The Kier molecular flexibility index (Phi) is 4.73. The van der Waals surface area contributed by atoms with Crippen LogP contribution in [0.1, 0.15) is 5.56 Å². The van der Waals surface area contributed by atoms with Crippen LogP contribution in [-0.4, -0.2) is 18.0 Å². The van der Waals surface area contributed by atoms with E-state index in [1.54, 1.807) is 30.5 Å². The summed E-state index contributed by atoms with van der Waals surface area (Å²) in [4.78, 5) is 15.6. The Morgan fingerprint density at radius 1 is 1.32 bits per heavy atom. The molecule has 0 aliphatic carbocycles. The van der Waals surface area contributed by atoms with E-state index >= 15 is 0 Å². The number of carbonyl (C=O) groups is 1. The van der Waals surface area contributed by atoms with Gasteiger partial charge in [0, 0.05) is 27.7 Å². The van der Waals surface area contributed by atoms with Gasteiger partial charge in [0.05, 0.1) is 12.8 Å². The average molecular weight is 352 g/mol. The molecule has 0 saturated carbocycles. The van der Waals surface area contributed by atoms with Gasteiger partial charge in [-0.25, -0.2) is 0 Å². The number of H-pyrrole nitrogens is 1. The van der Waals surface area contributed by atoms with Crippen molar-refractivity contribution < 1.29 is 9.53 Å². The highest BCUT2D eigenvalue weighted by molar-refractivity contribution is 6.31. The Morgan fingerprint density at radius 2 is 2.12 bits per heavy atom. The second kappa shape index (κ2) is 7.12. The van der Waals surface area contributed by atoms with Crippen molar-refractivity contribution in [2.75, 3.05) is 12.4 Å². The third kappa shape index (κ3) is 3.49. The van der Waals surface area contributed by atoms with E-state index in [4.69, 9.17) is 16.3 Å². The van der Waals surface area contributed by atoms with E-state index in [0.717, 1.165) is 16.5 Å². The van der Waals surface area contributed by atoms with E-state index < -0.39 is 5.91 Å². The van der Waals surface area contributed by atoms with E-state index in [9.17, 15) is 10.1 Å². The van der Waals surface area contributed by atoms with E-state index in [1.165, 1.54) is 7.11 Å². The van der Waals surface area contributed by atoms with Gasteiger partial charge in [-0.3, -0.25) is 4.79 Å². The molecule has 6 heteroatoms. The number of ether oxygens (including phenoxy) is 1. The zero-order valence-electron chi connectivity index (χ0n) is 13.3. The van der Waals surface area contributed by atoms with Gasteiger partial charge in [0.2, 0.25) is 0 Å². The summed E-state index contributed by atoms with van der Waals surface area (Å²) in [5.41, 5.74) is 2.08. The molecule has 0 bridgehead atoms. The van der Waals surface area contributed by atoms with Crippen LogP contribution in [0.25, 0.3) is 17.0 Å². The number of nitrogens with one attached hydrogen (secondary N) is 2. The summed E-state index contributed by atoms with van der Waals surface area (Å²) >= 11 is 5.96. The molecule has 124 valence electrons. The number of hydrogen-bond donors (Lipinski definition) is 2. The van der Waals surface area contributed by atoms with Gasteiger partial charge in [-0.1, -0.05) is 29.8 Å². The number of carbonyl (C=O) groups excluding carboxylic acids is 1. The van der Waals surface area contributed by atoms with Crippen LogP contribution in [0.2, 0.25) is 5.02 Å². The molecule has 5 nitrogen and oxygen atoms in total. The lowest BCUT2D eigenvalue weighted by molar-refractivity contribution is -0.112. The molecule has 3 aromatic rings. The molecule has 1 amide bonds. The number of methoxy groups -OCH3 is 1. The third-order valence-corrected chi connectivity index (χ3v) is 3.93. The van der Waals surface area contributed by atoms with Gasteiger partial charge in [0.25, 0.3) is 5.91 Å². The summed E-state index contributed by atoms with van der Waals surface area (Å²) < 4.78 is 5.20. The molecule has 0 atom stereocenters. The molecule has 0 unspecified atom stereocenters. The summed E-state index contributed by atoms with van der Waals surface area (Å²) in [5.74, 6) is -0.0736. The molecule has 0 radical (unpaired) electrons. The number of aromatic amines is 1. The number of benzene rings is 2. The SMILES string of the molecule is COc1ccc(Cl)cc1NC(=O)C(C#N)=Cc1c[nH]c2ccccc12. The summed E-state index contributed by atoms with van der Waals surface area (Å²) in [5, 5.41) is 13.4. The maximum Gasteiger partial charge on any atom is 0.266 e. The summed E-state index contributed by atoms with van der Waals surface area (Å²) in [6, 6.07) is 14.5. The molecular formula is C19H14ClN3O2. The zero-order chi connectivity index (χ0) is 17.8. The van der Waals surface area contributed by atoms with Crippen molar-refractivity contribution in [2.24, 2.45) is 0 Å². The minimum atomic E-state index is -0.534. The maximum atomic E-state index is 12.5. The number of hydrogen-bond acceptors (Lipinski definition) is 3. The summed E-state index contributed by atoms with van der Waals surface area (Å²) in [6.07, 6.45) is 3.31. The summed E-state index contributed by atoms with van der Waals surface area (Å²) in [7, 11) is 1.49. The van der Waals surface area contributed by atoms with E-state index in [-0.39, 0.29) is 5.57 Å². The van der Waals surface area contributed by atoms with Crippen molar-refractivity contribution in [1.29, 1.82) is 5.26 Å². The maximum absolute atomic E-state index is 12.5. The van der Waals surface area contributed by atoms with Crippen LogP contribution in [0.5, 0.6) is 5.75 Å². The molecule has 0 spiro atoms. The lowest BCUT2D eigenvalue weighted by atomic mass is 10.1. The lowest BCUT2D eigenvalue weighted by Crippen LogP contribution is -2.14. The highest BCUT2D eigenvalue weighted by Gasteiger charge is 2.14. The Hall–Kier alpha value is -3.23. The second-order valence-electron chi connectivity index (χ2n) is 5.26. The lowest BCUT2D eigenvalue weighted by Gasteiger charge is -2.10. The van der Waals surface area contributed by atoms with Gasteiger partial charge in [-0.05, 0) is 30.3 Å². The van der Waals surface area contributed by atoms with E-state index in [1.807, 2.05) is 30.3 Å². The molecule has 0 fully saturated rings. The Bertz CT molecular complexity index is 1010. The normalized spacial score (nSPS) is 11.2. The average Bonchev–Trinajstić information content (AvgIpc) is 3.03. The van der Waals surface area contributed by atoms with Crippen LogP contribution in [0.15, 0.2) is 54.2 Å². The minimum absolute atomic E-state index is 0.0215. The first kappa shape index (κ1) is 16.6. The van der Waals surface area contributed by atoms with Crippen molar-refractivity contribution in [3.63, 3.8) is 0 Å². The first-order valence-electron chi connectivity index (χ1n) is 7.45. The topological polar surface area (TPSA) is 77.9 Å². The minimum Gasteiger partial charge on any atom is -0.495 e. The number of nitriles is 1. The fourth-order valence-electron chi connectivity index (χ4n) is 2.49. The van der Waals surface area contributed by atoms with E-state index in [0.29, 0.717) is 16.5 Å². The van der Waals surface area contributed by atoms with Gasteiger partial charge in [0.1, 0.15) is 17.4 Å². The number of aromatic nitrogens is 1. The van der Waals surface area contributed by atoms with Crippen LogP contribution in [-0.2, 0) is 4.79 Å². The Morgan fingerprint density at radius 3 is 2.88 bits per heavy atom. The summed E-state index contributed by atoms with van der Waals surface area (Å²) in [6.45, 7) is 0. The van der Waals surface area contributed by atoms with Crippen molar-refractivity contribution >= 4 is 40.2 Å². The third-order valence-electron chi connectivity index (χ3n) is 3.70. The van der Waals surface area contributed by atoms with Gasteiger partial charge < -0.3 is 15.0 Å².